The van der Waals surface area contributed by atoms with Gasteiger partial charge in [-0.05, 0) is 37.3 Å². The molecule has 0 radical (unpaired) electrons. The van der Waals surface area contributed by atoms with Crippen molar-refractivity contribution in [3.63, 3.8) is 0 Å². The number of ether oxygens (including phenoxy) is 1. The molecule has 0 aliphatic carbocycles. The van der Waals surface area contributed by atoms with E-state index in [0.717, 1.165) is 5.75 Å². The fourth-order valence-electron chi connectivity index (χ4n) is 2.29. The monoisotopic (exact) mass is 436 g/mol. The molecule has 1 aromatic heterocycles. The van der Waals surface area contributed by atoms with E-state index in [4.69, 9.17) is 27.9 Å². The molecular formula is C19H18Cl2N4O2S. The number of aromatic nitrogens is 3. The van der Waals surface area contributed by atoms with Gasteiger partial charge in [0, 0.05) is 12.1 Å². The molecule has 0 aliphatic rings. The predicted octanol–water partition coefficient (Wildman–Crippen LogP) is 4.74. The van der Waals surface area contributed by atoms with Crippen LogP contribution in [0.4, 0.5) is 5.69 Å². The zero-order valence-corrected chi connectivity index (χ0v) is 17.6. The molecule has 6 nitrogen and oxygen atoms in total. The highest BCUT2D eigenvalue weighted by Crippen LogP contribution is 2.26. The van der Waals surface area contributed by atoms with Gasteiger partial charge in [0.1, 0.15) is 12.4 Å². The molecule has 0 saturated carbocycles. The lowest BCUT2D eigenvalue weighted by atomic mass is 10.2. The fraction of sp³-hybridized carbons (Fsp3) is 0.211. The number of hydrogen-bond acceptors (Lipinski definition) is 5. The molecule has 0 unspecified atom stereocenters. The summed E-state index contributed by atoms with van der Waals surface area (Å²) < 4.78 is 7.54. The van der Waals surface area contributed by atoms with E-state index < -0.39 is 0 Å². The number of hydrogen-bond donors (Lipinski definition) is 1. The SMILES string of the molecule is Cc1ccc(OCc2nnc(SCC(=O)Nc3cc(Cl)ccc3Cl)n2C)cc1. The summed E-state index contributed by atoms with van der Waals surface area (Å²) >= 11 is 13.3. The average molecular weight is 437 g/mol. The van der Waals surface area contributed by atoms with E-state index in [9.17, 15) is 4.79 Å². The molecule has 3 rings (SSSR count). The van der Waals surface area contributed by atoms with Gasteiger partial charge in [-0.3, -0.25) is 4.79 Å². The quantitative estimate of drug-likeness (QED) is 0.541. The molecule has 0 aliphatic heterocycles. The molecular weight excluding hydrogens is 419 g/mol. The third-order valence-electron chi connectivity index (χ3n) is 3.85. The van der Waals surface area contributed by atoms with Gasteiger partial charge < -0.3 is 14.6 Å². The first-order chi connectivity index (χ1) is 13.4. The summed E-state index contributed by atoms with van der Waals surface area (Å²) in [6, 6.07) is 12.7. The lowest BCUT2D eigenvalue weighted by Gasteiger charge is -2.08. The minimum atomic E-state index is -0.213. The first-order valence-corrected chi connectivity index (χ1v) is 10.1. The third kappa shape index (κ3) is 5.41. The average Bonchev–Trinajstić information content (AvgIpc) is 3.02. The van der Waals surface area contributed by atoms with E-state index in [-0.39, 0.29) is 18.3 Å². The van der Waals surface area contributed by atoms with Crippen LogP contribution in [0, 0.1) is 6.92 Å². The van der Waals surface area contributed by atoms with Gasteiger partial charge in [-0.25, -0.2) is 0 Å². The van der Waals surface area contributed by atoms with Crippen LogP contribution in [0.25, 0.3) is 0 Å². The standard InChI is InChI=1S/C19H18Cl2N4O2S/c1-12-3-6-14(7-4-12)27-10-17-23-24-19(25(17)2)28-11-18(26)22-16-9-13(20)5-8-15(16)21/h3-9H,10-11H2,1-2H3,(H,22,26). The van der Waals surface area contributed by atoms with Gasteiger partial charge in [-0.1, -0.05) is 52.7 Å². The van der Waals surface area contributed by atoms with E-state index in [1.165, 1.54) is 17.3 Å². The first-order valence-electron chi connectivity index (χ1n) is 8.38. The number of amides is 1. The van der Waals surface area contributed by atoms with Crippen molar-refractivity contribution in [3.05, 3.63) is 63.9 Å². The second kappa shape index (κ2) is 9.32. The number of aryl methyl sites for hydroxylation is 1. The van der Waals surface area contributed by atoms with Crippen molar-refractivity contribution in [2.75, 3.05) is 11.1 Å². The Morgan fingerprint density at radius 3 is 2.68 bits per heavy atom. The van der Waals surface area contributed by atoms with Crippen LogP contribution < -0.4 is 10.1 Å². The number of carbonyl (C=O) groups excluding carboxylic acids is 1. The van der Waals surface area contributed by atoms with E-state index in [1.807, 2.05) is 38.2 Å². The third-order valence-corrected chi connectivity index (χ3v) is 5.43. The maximum Gasteiger partial charge on any atom is 0.234 e. The van der Waals surface area contributed by atoms with Gasteiger partial charge in [-0.15, -0.1) is 10.2 Å². The van der Waals surface area contributed by atoms with Crippen LogP contribution in [0.1, 0.15) is 11.4 Å². The maximum absolute atomic E-state index is 12.2. The van der Waals surface area contributed by atoms with Crippen LogP contribution in [-0.2, 0) is 18.4 Å². The van der Waals surface area contributed by atoms with E-state index in [2.05, 4.69) is 15.5 Å². The van der Waals surface area contributed by atoms with Gasteiger partial charge in [-0.2, -0.15) is 0 Å². The fourth-order valence-corrected chi connectivity index (χ4v) is 3.36. The molecule has 28 heavy (non-hydrogen) atoms. The second-order valence-electron chi connectivity index (χ2n) is 6.02. The van der Waals surface area contributed by atoms with E-state index >= 15 is 0 Å². The Bertz CT molecular complexity index is 977. The van der Waals surface area contributed by atoms with Crippen molar-refractivity contribution >= 4 is 46.6 Å². The summed E-state index contributed by atoms with van der Waals surface area (Å²) in [6.45, 7) is 2.31. The zero-order chi connectivity index (χ0) is 20.1. The molecule has 0 saturated heterocycles. The lowest BCUT2D eigenvalue weighted by Crippen LogP contribution is -2.15. The Hall–Kier alpha value is -2.22. The van der Waals surface area contributed by atoms with Crippen LogP contribution in [0.5, 0.6) is 5.75 Å². The lowest BCUT2D eigenvalue weighted by molar-refractivity contribution is -0.113. The zero-order valence-electron chi connectivity index (χ0n) is 15.3. The summed E-state index contributed by atoms with van der Waals surface area (Å²) in [5, 5.41) is 12.5. The van der Waals surface area contributed by atoms with Crippen molar-refractivity contribution in [3.8, 4) is 5.75 Å². The summed E-state index contributed by atoms with van der Waals surface area (Å²) in [4.78, 5) is 12.2. The molecule has 0 atom stereocenters. The molecule has 0 spiro atoms. The molecule has 1 amide bonds. The van der Waals surface area contributed by atoms with Crippen LogP contribution in [0.3, 0.4) is 0 Å². The summed E-state index contributed by atoms with van der Waals surface area (Å²) in [6.07, 6.45) is 0. The minimum absolute atomic E-state index is 0.160. The number of thioether (sulfide) groups is 1. The highest BCUT2D eigenvalue weighted by Gasteiger charge is 2.13. The van der Waals surface area contributed by atoms with E-state index in [0.29, 0.717) is 26.7 Å². The van der Waals surface area contributed by atoms with Gasteiger partial charge in [0.25, 0.3) is 0 Å². The predicted molar refractivity (Wildman–Crippen MR) is 112 cm³/mol. The second-order valence-corrected chi connectivity index (χ2v) is 7.81. The maximum atomic E-state index is 12.2. The van der Waals surface area contributed by atoms with Gasteiger partial charge in [0.05, 0.1) is 16.5 Å². The molecule has 1 N–H and O–H groups in total. The van der Waals surface area contributed by atoms with Crippen molar-refractivity contribution in [1.82, 2.24) is 14.8 Å². The van der Waals surface area contributed by atoms with Gasteiger partial charge in [0.2, 0.25) is 5.91 Å². The summed E-state index contributed by atoms with van der Waals surface area (Å²) in [5.74, 6) is 1.38. The first kappa shape index (κ1) is 20.5. The Balaban J connectivity index is 1.54. The number of benzene rings is 2. The molecule has 0 fully saturated rings. The molecule has 0 bridgehead atoms. The highest BCUT2D eigenvalue weighted by molar-refractivity contribution is 7.99. The van der Waals surface area contributed by atoms with Crippen molar-refractivity contribution in [2.24, 2.45) is 7.05 Å². The van der Waals surface area contributed by atoms with Crippen molar-refractivity contribution in [1.29, 1.82) is 0 Å². The smallest absolute Gasteiger partial charge is 0.234 e. The van der Waals surface area contributed by atoms with Crippen molar-refractivity contribution in [2.45, 2.75) is 18.7 Å². The number of halogens is 2. The van der Waals surface area contributed by atoms with Crippen LogP contribution >= 0.6 is 35.0 Å². The summed E-state index contributed by atoms with van der Waals surface area (Å²) in [7, 11) is 1.84. The molecule has 9 heteroatoms. The van der Waals surface area contributed by atoms with Crippen molar-refractivity contribution < 1.29 is 9.53 Å². The van der Waals surface area contributed by atoms with Gasteiger partial charge >= 0.3 is 0 Å². The Morgan fingerprint density at radius 1 is 1.18 bits per heavy atom. The van der Waals surface area contributed by atoms with Gasteiger partial charge in [0.15, 0.2) is 11.0 Å². The Morgan fingerprint density at radius 2 is 1.93 bits per heavy atom. The van der Waals surface area contributed by atoms with Crippen LogP contribution in [-0.4, -0.2) is 26.4 Å². The number of anilines is 1. The largest absolute Gasteiger partial charge is 0.486 e. The normalized spacial score (nSPS) is 10.7. The topological polar surface area (TPSA) is 69.0 Å². The molecule has 146 valence electrons. The molecule has 1 heterocycles. The highest BCUT2D eigenvalue weighted by atomic mass is 35.5. The summed E-state index contributed by atoms with van der Waals surface area (Å²) in [5.41, 5.74) is 1.65. The van der Waals surface area contributed by atoms with Crippen LogP contribution in [0.15, 0.2) is 47.6 Å². The minimum Gasteiger partial charge on any atom is -0.486 e. The molecule has 2 aromatic carbocycles. The number of carbonyl (C=O) groups is 1. The number of rotatable bonds is 7. The number of nitrogens with zero attached hydrogens (tertiary/aromatic N) is 3. The Labute approximate surface area is 177 Å². The Kier molecular flexibility index (Phi) is 6.83. The molecule has 3 aromatic rings. The van der Waals surface area contributed by atoms with E-state index in [1.54, 1.807) is 22.8 Å². The number of nitrogens with one attached hydrogen (secondary N) is 1. The van der Waals surface area contributed by atoms with Crippen LogP contribution in [0.2, 0.25) is 10.0 Å².